The van der Waals surface area contributed by atoms with Crippen LogP contribution in [0.2, 0.25) is 0 Å². The largest absolute Gasteiger partial charge is 0.381 e. The summed E-state index contributed by atoms with van der Waals surface area (Å²) >= 11 is 0. The number of hydrogen-bond acceptors (Lipinski definition) is 6. The molecule has 0 aliphatic carbocycles. The lowest BCUT2D eigenvalue weighted by Gasteiger charge is -2.23. The third kappa shape index (κ3) is 4.04. The Labute approximate surface area is 154 Å². The van der Waals surface area contributed by atoms with Gasteiger partial charge in [-0.15, -0.1) is 0 Å². The molecule has 1 fully saturated rings. The molecule has 26 heavy (non-hydrogen) atoms. The van der Waals surface area contributed by atoms with Crippen molar-refractivity contribution in [3.8, 4) is 0 Å². The zero-order valence-corrected chi connectivity index (χ0v) is 15.5. The molecule has 2 aromatic rings. The second kappa shape index (κ2) is 8.14. The van der Waals surface area contributed by atoms with Crippen LogP contribution in [0.4, 0.5) is 5.82 Å². The number of aryl methyl sites for hydroxylation is 1. The van der Waals surface area contributed by atoms with Crippen molar-refractivity contribution >= 4 is 5.82 Å². The van der Waals surface area contributed by atoms with Crippen molar-refractivity contribution in [3.05, 3.63) is 35.8 Å². The predicted molar refractivity (Wildman–Crippen MR) is 100.0 cm³/mol. The fraction of sp³-hybridized carbons (Fsp3) is 0.632. The molecule has 1 saturated heterocycles. The standard InChI is InChI=1S/C19H28N6O/c1-24-9-6-20-18(24)12-25-7-4-16-17(5-8-25)22-14-23-19(16)21-11-15-3-2-10-26-13-15/h6,9,14-15H,2-5,7-8,10-13H2,1H3,(H,21,22,23)/t15-/m1/s1. The van der Waals surface area contributed by atoms with Gasteiger partial charge in [-0.05, 0) is 25.2 Å². The number of nitrogens with zero attached hydrogens (tertiary/aromatic N) is 5. The summed E-state index contributed by atoms with van der Waals surface area (Å²) in [5, 5.41) is 3.57. The molecule has 1 N–H and O–H groups in total. The number of nitrogens with one attached hydrogen (secondary N) is 1. The van der Waals surface area contributed by atoms with Gasteiger partial charge in [-0.1, -0.05) is 0 Å². The summed E-state index contributed by atoms with van der Waals surface area (Å²) in [6.45, 7) is 5.59. The molecule has 0 bridgehead atoms. The summed E-state index contributed by atoms with van der Waals surface area (Å²) < 4.78 is 7.68. The van der Waals surface area contributed by atoms with Gasteiger partial charge >= 0.3 is 0 Å². The van der Waals surface area contributed by atoms with Crippen LogP contribution in [0.3, 0.4) is 0 Å². The second-order valence-corrected chi connectivity index (χ2v) is 7.34. The van der Waals surface area contributed by atoms with Crippen molar-refractivity contribution in [2.75, 3.05) is 38.2 Å². The highest BCUT2D eigenvalue weighted by Gasteiger charge is 2.20. The van der Waals surface area contributed by atoms with E-state index in [2.05, 4.69) is 36.8 Å². The molecule has 2 aliphatic heterocycles. The molecule has 0 unspecified atom stereocenters. The highest BCUT2D eigenvalue weighted by Crippen LogP contribution is 2.22. The molecule has 0 aromatic carbocycles. The Kier molecular flexibility index (Phi) is 5.45. The van der Waals surface area contributed by atoms with Crippen LogP contribution in [0, 0.1) is 5.92 Å². The summed E-state index contributed by atoms with van der Waals surface area (Å²) in [4.78, 5) is 16.0. The summed E-state index contributed by atoms with van der Waals surface area (Å²) in [5.74, 6) is 2.71. The summed E-state index contributed by atoms with van der Waals surface area (Å²) in [6, 6.07) is 0. The van der Waals surface area contributed by atoms with Crippen LogP contribution in [0.25, 0.3) is 0 Å². The van der Waals surface area contributed by atoms with Crippen LogP contribution < -0.4 is 5.32 Å². The normalized spacial score (nSPS) is 21.2. The lowest BCUT2D eigenvalue weighted by Crippen LogP contribution is -2.27. The quantitative estimate of drug-likeness (QED) is 0.879. The second-order valence-electron chi connectivity index (χ2n) is 7.34. The van der Waals surface area contributed by atoms with Crippen molar-refractivity contribution in [2.24, 2.45) is 13.0 Å². The van der Waals surface area contributed by atoms with Crippen LogP contribution in [0.5, 0.6) is 0 Å². The Morgan fingerprint density at radius 2 is 2.15 bits per heavy atom. The van der Waals surface area contributed by atoms with E-state index in [9.17, 15) is 0 Å². The van der Waals surface area contributed by atoms with Crippen LogP contribution >= 0.6 is 0 Å². The number of fused-ring (bicyclic) bond motifs is 1. The van der Waals surface area contributed by atoms with Gasteiger partial charge in [-0.3, -0.25) is 4.90 Å². The fourth-order valence-corrected chi connectivity index (χ4v) is 3.84. The van der Waals surface area contributed by atoms with Crippen LogP contribution in [-0.2, 0) is 31.2 Å². The van der Waals surface area contributed by atoms with Crippen molar-refractivity contribution in [1.29, 1.82) is 0 Å². The maximum absolute atomic E-state index is 5.59. The maximum Gasteiger partial charge on any atom is 0.132 e. The third-order valence-corrected chi connectivity index (χ3v) is 5.48. The molecule has 7 nitrogen and oxygen atoms in total. The maximum atomic E-state index is 5.59. The highest BCUT2D eigenvalue weighted by atomic mass is 16.5. The van der Waals surface area contributed by atoms with E-state index in [1.165, 1.54) is 17.7 Å². The average molecular weight is 356 g/mol. The van der Waals surface area contributed by atoms with Gasteiger partial charge in [-0.2, -0.15) is 0 Å². The Hall–Kier alpha value is -1.99. The Morgan fingerprint density at radius 1 is 1.23 bits per heavy atom. The molecule has 7 heteroatoms. The van der Waals surface area contributed by atoms with E-state index in [0.29, 0.717) is 5.92 Å². The Morgan fingerprint density at radius 3 is 2.96 bits per heavy atom. The first-order valence-electron chi connectivity index (χ1n) is 9.62. The van der Waals surface area contributed by atoms with E-state index in [4.69, 9.17) is 4.74 Å². The van der Waals surface area contributed by atoms with Gasteiger partial charge in [0.15, 0.2) is 0 Å². The number of aromatic nitrogens is 4. The minimum absolute atomic E-state index is 0.583. The number of ether oxygens (including phenoxy) is 1. The molecule has 1 atom stereocenters. The van der Waals surface area contributed by atoms with E-state index in [-0.39, 0.29) is 0 Å². The first kappa shape index (κ1) is 17.4. The number of anilines is 1. The van der Waals surface area contributed by atoms with Crippen molar-refractivity contribution < 1.29 is 4.74 Å². The van der Waals surface area contributed by atoms with Gasteiger partial charge in [-0.25, -0.2) is 15.0 Å². The summed E-state index contributed by atoms with van der Waals surface area (Å²) in [6.07, 6.45) is 9.91. The van der Waals surface area contributed by atoms with Gasteiger partial charge in [0.05, 0.1) is 18.8 Å². The van der Waals surface area contributed by atoms with E-state index < -0.39 is 0 Å². The first-order valence-corrected chi connectivity index (χ1v) is 9.62. The molecule has 0 spiro atoms. The molecule has 140 valence electrons. The molecule has 4 rings (SSSR count). The summed E-state index contributed by atoms with van der Waals surface area (Å²) in [7, 11) is 2.05. The molecule has 0 saturated carbocycles. The predicted octanol–water partition coefficient (Wildman–Crippen LogP) is 1.65. The zero-order chi connectivity index (χ0) is 17.8. The fourth-order valence-electron chi connectivity index (χ4n) is 3.84. The molecular weight excluding hydrogens is 328 g/mol. The van der Waals surface area contributed by atoms with Crippen molar-refractivity contribution in [2.45, 2.75) is 32.2 Å². The van der Waals surface area contributed by atoms with E-state index in [1.807, 2.05) is 12.4 Å². The smallest absolute Gasteiger partial charge is 0.132 e. The van der Waals surface area contributed by atoms with E-state index in [0.717, 1.165) is 70.3 Å². The van der Waals surface area contributed by atoms with Gasteiger partial charge in [0.2, 0.25) is 0 Å². The minimum Gasteiger partial charge on any atom is -0.381 e. The van der Waals surface area contributed by atoms with Crippen LogP contribution in [-0.4, -0.2) is 57.3 Å². The summed E-state index contributed by atoms with van der Waals surface area (Å²) in [5.41, 5.74) is 2.47. The van der Waals surface area contributed by atoms with Crippen molar-refractivity contribution in [3.63, 3.8) is 0 Å². The molecule has 2 aromatic heterocycles. The number of rotatable bonds is 5. The lowest BCUT2D eigenvalue weighted by atomic mass is 10.0. The zero-order valence-electron chi connectivity index (χ0n) is 15.5. The van der Waals surface area contributed by atoms with Crippen LogP contribution in [0.15, 0.2) is 18.7 Å². The first-order chi connectivity index (χ1) is 12.8. The van der Waals surface area contributed by atoms with Gasteiger partial charge in [0, 0.05) is 57.7 Å². The Bertz CT molecular complexity index is 725. The third-order valence-electron chi connectivity index (χ3n) is 5.48. The molecule has 2 aliphatic rings. The van der Waals surface area contributed by atoms with E-state index in [1.54, 1.807) is 6.33 Å². The molecule has 4 heterocycles. The van der Waals surface area contributed by atoms with E-state index >= 15 is 0 Å². The number of hydrogen-bond donors (Lipinski definition) is 1. The average Bonchev–Trinajstić information content (AvgIpc) is 2.96. The van der Waals surface area contributed by atoms with Crippen molar-refractivity contribution in [1.82, 2.24) is 24.4 Å². The molecular formula is C19H28N6O. The monoisotopic (exact) mass is 356 g/mol. The minimum atomic E-state index is 0.583. The SMILES string of the molecule is Cn1ccnc1CN1CCc2ncnc(NC[C@H]3CCCOC3)c2CC1. The molecule has 0 amide bonds. The topological polar surface area (TPSA) is 68.1 Å². The van der Waals surface area contributed by atoms with Gasteiger partial charge < -0.3 is 14.6 Å². The lowest BCUT2D eigenvalue weighted by molar-refractivity contribution is 0.0594. The Balaban J connectivity index is 1.40. The van der Waals surface area contributed by atoms with Crippen LogP contribution in [0.1, 0.15) is 29.9 Å². The van der Waals surface area contributed by atoms with Gasteiger partial charge in [0.25, 0.3) is 0 Å². The molecule has 0 radical (unpaired) electrons. The highest BCUT2D eigenvalue weighted by molar-refractivity contribution is 5.46. The number of imidazole rings is 1. The van der Waals surface area contributed by atoms with Gasteiger partial charge in [0.1, 0.15) is 18.0 Å².